The number of carbonyl (C=O) groups is 2. The molecule has 1 saturated heterocycles. The third-order valence-electron chi connectivity index (χ3n) is 4.77. The number of ketones is 1. The fourth-order valence-corrected chi connectivity index (χ4v) is 3.40. The fourth-order valence-electron chi connectivity index (χ4n) is 3.40. The summed E-state index contributed by atoms with van der Waals surface area (Å²) in [6.07, 6.45) is 3.54. The van der Waals surface area contributed by atoms with E-state index in [2.05, 4.69) is 5.32 Å². The highest BCUT2D eigenvalue weighted by Crippen LogP contribution is 2.28. The molecule has 1 atom stereocenters. The smallest absolute Gasteiger partial charge is 0.294 e. The van der Waals surface area contributed by atoms with Crippen LogP contribution in [0, 0.1) is 5.82 Å². The summed E-state index contributed by atoms with van der Waals surface area (Å²) in [6.45, 7) is 1.01. The summed E-state index contributed by atoms with van der Waals surface area (Å²) in [5, 5.41) is 2.68. The van der Waals surface area contributed by atoms with E-state index in [1.807, 2.05) is 18.2 Å². The second-order valence-corrected chi connectivity index (χ2v) is 6.58. The molecule has 0 unspecified atom stereocenters. The summed E-state index contributed by atoms with van der Waals surface area (Å²) < 4.78 is 20.5. The van der Waals surface area contributed by atoms with Gasteiger partial charge in [-0.2, -0.15) is 0 Å². The first-order chi connectivity index (χ1) is 13.1. The molecule has 138 valence electrons. The molecule has 1 fully saturated rings. The van der Waals surface area contributed by atoms with E-state index in [4.69, 9.17) is 4.74 Å². The maximum absolute atomic E-state index is 13.3. The van der Waals surface area contributed by atoms with E-state index in [0.29, 0.717) is 24.3 Å². The number of benzene rings is 1. The number of halogens is 1. The van der Waals surface area contributed by atoms with Gasteiger partial charge in [-0.3, -0.25) is 9.59 Å². The highest BCUT2D eigenvalue weighted by Gasteiger charge is 2.26. The van der Waals surface area contributed by atoms with Gasteiger partial charge in [-0.05, 0) is 48.7 Å². The quantitative estimate of drug-likeness (QED) is 0.557. The zero-order valence-corrected chi connectivity index (χ0v) is 14.7. The van der Waals surface area contributed by atoms with E-state index in [1.165, 1.54) is 12.1 Å². The monoisotopic (exact) mass is 366 g/mol. The molecule has 0 bridgehead atoms. The van der Waals surface area contributed by atoms with E-state index in [9.17, 15) is 14.0 Å². The van der Waals surface area contributed by atoms with Gasteiger partial charge in [-0.15, -0.1) is 0 Å². The average molecular weight is 366 g/mol. The molecule has 27 heavy (non-hydrogen) atoms. The molecule has 0 saturated carbocycles. The first-order valence-corrected chi connectivity index (χ1v) is 8.93. The number of pyridine rings is 1. The predicted molar refractivity (Wildman–Crippen MR) is 99.1 cm³/mol. The molecule has 0 radical (unpaired) electrons. The molecule has 4 rings (SSSR count). The van der Waals surface area contributed by atoms with Gasteiger partial charge in [-0.1, -0.05) is 18.2 Å². The molecule has 0 spiro atoms. The van der Waals surface area contributed by atoms with Crippen LogP contribution in [0.25, 0.3) is 16.6 Å². The molecule has 1 aliphatic heterocycles. The number of hydrogen-bond acceptors (Lipinski definition) is 3. The van der Waals surface area contributed by atoms with Crippen molar-refractivity contribution in [3.63, 3.8) is 0 Å². The lowest BCUT2D eigenvalue weighted by atomic mass is 10.0. The first-order valence-electron chi connectivity index (χ1n) is 8.93. The molecule has 1 N–H and O–H groups in total. The Morgan fingerprint density at radius 3 is 2.74 bits per heavy atom. The molecule has 3 heterocycles. The topological polar surface area (TPSA) is 59.8 Å². The normalized spacial score (nSPS) is 16.6. The molecule has 0 aliphatic carbocycles. The largest absolute Gasteiger partial charge is 0.376 e. The standard InChI is InChI=1S/C21H19FN2O3/c22-15-8-6-14(7-9-15)18-12-16-4-1-2-10-24(16)19(18)20(25)21(26)23-13-17-5-3-11-27-17/h1-2,4,6-10,12,17H,3,5,11,13H2,(H,23,26)/t17-/m0/s1. The Kier molecular flexibility index (Phi) is 4.73. The number of aromatic nitrogens is 1. The number of carbonyl (C=O) groups excluding carboxylic acids is 2. The Labute approximate surface area is 155 Å². The van der Waals surface area contributed by atoms with E-state index in [0.717, 1.165) is 18.4 Å². The van der Waals surface area contributed by atoms with Gasteiger partial charge in [0, 0.05) is 30.4 Å². The third-order valence-corrected chi connectivity index (χ3v) is 4.77. The van der Waals surface area contributed by atoms with Gasteiger partial charge in [0.05, 0.1) is 6.10 Å². The minimum atomic E-state index is -0.669. The summed E-state index contributed by atoms with van der Waals surface area (Å²) >= 11 is 0. The molecule has 1 aliphatic rings. The maximum Gasteiger partial charge on any atom is 0.294 e. The Morgan fingerprint density at radius 2 is 2.00 bits per heavy atom. The van der Waals surface area contributed by atoms with Crippen LogP contribution >= 0.6 is 0 Å². The van der Waals surface area contributed by atoms with Gasteiger partial charge < -0.3 is 14.5 Å². The Morgan fingerprint density at radius 1 is 1.19 bits per heavy atom. The van der Waals surface area contributed by atoms with Crippen molar-refractivity contribution in [1.82, 2.24) is 9.72 Å². The van der Waals surface area contributed by atoms with Crippen molar-refractivity contribution in [2.45, 2.75) is 18.9 Å². The van der Waals surface area contributed by atoms with Crippen LogP contribution in [0.15, 0.2) is 54.7 Å². The van der Waals surface area contributed by atoms with Crippen molar-refractivity contribution >= 4 is 17.2 Å². The van der Waals surface area contributed by atoms with Gasteiger partial charge in [0.15, 0.2) is 0 Å². The van der Waals surface area contributed by atoms with Crippen LogP contribution in [0.2, 0.25) is 0 Å². The van der Waals surface area contributed by atoms with Gasteiger partial charge in [0.2, 0.25) is 0 Å². The van der Waals surface area contributed by atoms with Crippen molar-refractivity contribution in [3.8, 4) is 11.1 Å². The molecule has 2 aromatic heterocycles. The Bertz CT molecular complexity index is 988. The maximum atomic E-state index is 13.3. The van der Waals surface area contributed by atoms with Gasteiger partial charge in [-0.25, -0.2) is 4.39 Å². The van der Waals surface area contributed by atoms with E-state index in [1.54, 1.807) is 28.8 Å². The lowest BCUT2D eigenvalue weighted by molar-refractivity contribution is -0.117. The van der Waals surface area contributed by atoms with Crippen molar-refractivity contribution in [1.29, 1.82) is 0 Å². The minimum absolute atomic E-state index is 0.0395. The van der Waals surface area contributed by atoms with Crippen molar-refractivity contribution in [3.05, 3.63) is 66.2 Å². The van der Waals surface area contributed by atoms with Crippen LogP contribution in [-0.4, -0.2) is 35.3 Å². The molecule has 1 amide bonds. The predicted octanol–water partition coefficient (Wildman–Crippen LogP) is 3.22. The van der Waals surface area contributed by atoms with E-state index in [-0.39, 0.29) is 17.6 Å². The Balaban J connectivity index is 1.68. The van der Waals surface area contributed by atoms with Crippen LogP contribution in [0.1, 0.15) is 23.3 Å². The highest BCUT2D eigenvalue weighted by molar-refractivity contribution is 6.43. The summed E-state index contributed by atoms with van der Waals surface area (Å²) in [5.41, 5.74) is 2.32. The number of amides is 1. The number of nitrogens with one attached hydrogen (secondary N) is 1. The lowest BCUT2D eigenvalue weighted by Gasteiger charge is -2.11. The van der Waals surface area contributed by atoms with Crippen LogP contribution in [0.4, 0.5) is 4.39 Å². The van der Waals surface area contributed by atoms with Gasteiger partial charge in [0.1, 0.15) is 11.5 Å². The van der Waals surface area contributed by atoms with Crippen molar-refractivity contribution in [2.75, 3.05) is 13.2 Å². The molecular formula is C21H19FN2O3. The van der Waals surface area contributed by atoms with Crippen molar-refractivity contribution < 1.29 is 18.7 Å². The number of nitrogens with zero attached hydrogens (tertiary/aromatic N) is 1. The second kappa shape index (κ2) is 7.32. The van der Waals surface area contributed by atoms with Gasteiger partial charge in [0.25, 0.3) is 11.7 Å². The van der Waals surface area contributed by atoms with Crippen LogP contribution in [0.5, 0.6) is 0 Å². The first kappa shape index (κ1) is 17.4. The summed E-state index contributed by atoms with van der Waals surface area (Å²) in [6, 6.07) is 13.2. The van der Waals surface area contributed by atoms with Crippen LogP contribution in [0.3, 0.4) is 0 Å². The van der Waals surface area contributed by atoms with Gasteiger partial charge >= 0.3 is 0 Å². The van der Waals surface area contributed by atoms with Crippen LogP contribution < -0.4 is 5.32 Å². The van der Waals surface area contributed by atoms with E-state index >= 15 is 0 Å². The molecule has 1 aromatic carbocycles. The summed E-state index contributed by atoms with van der Waals surface area (Å²) in [5.74, 6) is -1.65. The summed E-state index contributed by atoms with van der Waals surface area (Å²) in [7, 11) is 0. The number of rotatable bonds is 5. The number of fused-ring (bicyclic) bond motifs is 1. The summed E-state index contributed by atoms with van der Waals surface area (Å²) in [4.78, 5) is 25.4. The fraction of sp³-hybridized carbons (Fsp3) is 0.238. The molecule has 6 heteroatoms. The van der Waals surface area contributed by atoms with Crippen molar-refractivity contribution in [2.24, 2.45) is 0 Å². The zero-order chi connectivity index (χ0) is 18.8. The lowest BCUT2D eigenvalue weighted by Crippen LogP contribution is -2.37. The van der Waals surface area contributed by atoms with E-state index < -0.39 is 11.7 Å². The highest BCUT2D eigenvalue weighted by atomic mass is 19.1. The minimum Gasteiger partial charge on any atom is -0.376 e. The second-order valence-electron chi connectivity index (χ2n) is 6.58. The zero-order valence-electron chi connectivity index (χ0n) is 14.7. The van der Waals surface area contributed by atoms with Crippen LogP contribution in [-0.2, 0) is 9.53 Å². The number of Topliss-reactive ketones (excluding diaryl/α,β-unsaturated/α-hetero) is 1. The molecule has 5 nitrogen and oxygen atoms in total. The SMILES string of the molecule is O=C(NC[C@@H]1CCCO1)C(=O)c1c(-c2ccc(F)cc2)cc2ccccn12. The number of ether oxygens (including phenoxy) is 1. The molecule has 3 aromatic rings. The molecular weight excluding hydrogens is 347 g/mol. The average Bonchev–Trinajstić information content (AvgIpc) is 3.33. The third kappa shape index (κ3) is 3.48. The number of hydrogen-bond donors (Lipinski definition) is 1. The Hall–Kier alpha value is -2.99.